The highest BCUT2D eigenvalue weighted by Crippen LogP contribution is 2.01. The molecule has 0 aliphatic carbocycles. The molecule has 1 heterocycles. The highest BCUT2D eigenvalue weighted by molar-refractivity contribution is 5.74. The standard InChI is InChI=1S/C11H21N3O4/c1-13-5-2-6-14(8-7-13)11(18)12-4-3-9(15)10(16)17/h9,15H,2-8H2,1H3,(H,12,18)(H,16,17). The van der Waals surface area contributed by atoms with Gasteiger partial charge >= 0.3 is 12.0 Å². The third-order valence-electron chi connectivity index (χ3n) is 2.99. The number of urea groups is 1. The fraction of sp³-hybridized carbons (Fsp3) is 0.818. The van der Waals surface area contributed by atoms with Gasteiger partial charge in [0.05, 0.1) is 0 Å². The number of aliphatic hydroxyl groups is 1. The molecular weight excluding hydrogens is 238 g/mol. The summed E-state index contributed by atoms with van der Waals surface area (Å²) in [5.41, 5.74) is 0. The third-order valence-corrected chi connectivity index (χ3v) is 2.99. The number of aliphatic carboxylic acids is 1. The topological polar surface area (TPSA) is 93.1 Å². The van der Waals surface area contributed by atoms with E-state index in [4.69, 9.17) is 10.2 Å². The highest BCUT2D eigenvalue weighted by atomic mass is 16.4. The van der Waals surface area contributed by atoms with E-state index in [1.807, 2.05) is 7.05 Å². The number of carbonyl (C=O) groups is 2. The number of rotatable bonds is 4. The number of likely N-dealkylation sites (N-methyl/N-ethyl adjacent to an activating group) is 1. The van der Waals surface area contributed by atoms with Crippen molar-refractivity contribution in [2.45, 2.75) is 18.9 Å². The molecule has 18 heavy (non-hydrogen) atoms. The largest absolute Gasteiger partial charge is 0.479 e. The SMILES string of the molecule is CN1CCCN(C(=O)NCCC(O)C(=O)O)CC1. The molecule has 1 rings (SSSR count). The fourth-order valence-corrected chi connectivity index (χ4v) is 1.80. The number of nitrogens with one attached hydrogen (secondary N) is 1. The van der Waals surface area contributed by atoms with Crippen molar-refractivity contribution >= 4 is 12.0 Å². The maximum absolute atomic E-state index is 11.8. The lowest BCUT2D eigenvalue weighted by molar-refractivity contribution is -0.146. The summed E-state index contributed by atoms with van der Waals surface area (Å²) >= 11 is 0. The van der Waals surface area contributed by atoms with E-state index in [1.54, 1.807) is 4.90 Å². The van der Waals surface area contributed by atoms with Crippen molar-refractivity contribution in [1.82, 2.24) is 15.1 Å². The Hall–Kier alpha value is -1.34. The van der Waals surface area contributed by atoms with Crippen molar-refractivity contribution < 1.29 is 19.8 Å². The average Bonchev–Trinajstić information content (AvgIpc) is 2.53. The molecule has 7 nitrogen and oxygen atoms in total. The second-order valence-corrected chi connectivity index (χ2v) is 4.52. The molecule has 0 aromatic heterocycles. The van der Waals surface area contributed by atoms with Crippen molar-refractivity contribution in [3.63, 3.8) is 0 Å². The minimum Gasteiger partial charge on any atom is -0.479 e. The van der Waals surface area contributed by atoms with Crippen LogP contribution in [-0.2, 0) is 4.79 Å². The first-order valence-electron chi connectivity index (χ1n) is 6.13. The molecule has 0 radical (unpaired) electrons. The van der Waals surface area contributed by atoms with Crippen LogP contribution in [0.25, 0.3) is 0 Å². The minimum absolute atomic E-state index is 0.0226. The Morgan fingerprint density at radius 3 is 2.67 bits per heavy atom. The van der Waals surface area contributed by atoms with Crippen LogP contribution in [0.5, 0.6) is 0 Å². The van der Waals surface area contributed by atoms with Crippen LogP contribution in [0.15, 0.2) is 0 Å². The number of hydrogen-bond acceptors (Lipinski definition) is 4. The summed E-state index contributed by atoms with van der Waals surface area (Å²) < 4.78 is 0. The molecule has 1 fully saturated rings. The number of carboxylic acids is 1. The van der Waals surface area contributed by atoms with Crippen LogP contribution in [-0.4, -0.2) is 77.9 Å². The maximum Gasteiger partial charge on any atom is 0.332 e. The predicted molar refractivity (Wildman–Crippen MR) is 65.3 cm³/mol. The lowest BCUT2D eigenvalue weighted by Gasteiger charge is -2.21. The van der Waals surface area contributed by atoms with Gasteiger partial charge in [0.1, 0.15) is 0 Å². The van der Waals surface area contributed by atoms with Gasteiger partial charge in [-0.25, -0.2) is 9.59 Å². The van der Waals surface area contributed by atoms with Crippen LogP contribution in [0.4, 0.5) is 4.79 Å². The van der Waals surface area contributed by atoms with E-state index in [1.165, 1.54) is 0 Å². The summed E-state index contributed by atoms with van der Waals surface area (Å²) in [4.78, 5) is 26.0. The Kier molecular flexibility index (Phi) is 5.87. The molecular formula is C11H21N3O4. The molecule has 0 aromatic rings. The van der Waals surface area contributed by atoms with Gasteiger partial charge in [0.25, 0.3) is 0 Å². The van der Waals surface area contributed by atoms with Gasteiger partial charge in [-0.1, -0.05) is 0 Å². The predicted octanol–water partition coefficient (Wildman–Crippen LogP) is -0.831. The van der Waals surface area contributed by atoms with Gasteiger partial charge in [0, 0.05) is 32.6 Å². The van der Waals surface area contributed by atoms with E-state index >= 15 is 0 Å². The van der Waals surface area contributed by atoms with E-state index in [-0.39, 0.29) is 19.0 Å². The average molecular weight is 259 g/mol. The van der Waals surface area contributed by atoms with Gasteiger partial charge in [-0.05, 0) is 20.0 Å². The van der Waals surface area contributed by atoms with Crippen molar-refractivity contribution in [1.29, 1.82) is 0 Å². The smallest absolute Gasteiger partial charge is 0.332 e. The molecule has 2 amide bonds. The van der Waals surface area contributed by atoms with Crippen LogP contribution in [0.2, 0.25) is 0 Å². The number of hydrogen-bond donors (Lipinski definition) is 3. The first kappa shape index (κ1) is 14.7. The molecule has 7 heteroatoms. The second kappa shape index (κ2) is 7.17. The van der Waals surface area contributed by atoms with Gasteiger partial charge in [-0.15, -0.1) is 0 Å². The molecule has 1 unspecified atom stereocenters. The van der Waals surface area contributed by atoms with Crippen molar-refractivity contribution in [2.24, 2.45) is 0 Å². The monoisotopic (exact) mass is 259 g/mol. The molecule has 0 spiro atoms. The zero-order valence-corrected chi connectivity index (χ0v) is 10.6. The Bertz CT molecular complexity index is 298. The first-order chi connectivity index (χ1) is 8.50. The molecule has 0 bridgehead atoms. The van der Waals surface area contributed by atoms with Gasteiger partial charge in [0.15, 0.2) is 6.10 Å². The van der Waals surface area contributed by atoms with Crippen molar-refractivity contribution in [3.05, 3.63) is 0 Å². The summed E-state index contributed by atoms with van der Waals surface area (Å²) in [6.07, 6.45) is -0.461. The van der Waals surface area contributed by atoms with Crippen molar-refractivity contribution in [3.8, 4) is 0 Å². The van der Waals surface area contributed by atoms with Crippen LogP contribution < -0.4 is 5.32 Å². The molecule has 104 valence electrons. The summed E-state index contributed by atoms with van der Waals surface area (Å²) in [6.45, 7) is 3.35. The lowest BCUT2D eigenvalue weighted by Crippen LogP contribution is -2.43. The Labute approximate surface area is 106 Å². The lowest BCUT2D eigenvalue weighted by atomic mass is 10.2. The van der Waals surface area contributed by atoms with E-state index in [2.05, 4.69) is 10.2 Å². The molecule has 3 N–H and O–H groups in total. The number of carbonyl (C=O) groups excluding carboxylic acids is 1. The number of nitrogens with zero attached hydrogens (tertiary/aromatic N) is 2. The zero-order chi connectivity index (χ0) is 13.5. The van der Waals surface area contributed by atoms with Gasteiger partial charge in [0.2, 0.25) is 0 Å². The third kappa shape index (κ3) is 4.89. The summed E-state index contributed by atoms with van der Waals surface area (Å²) in [6, 6.07) is -0.192. The number of carboxylic acid groups (broad SMARTS) is 1. The fourth-order valence-electron chi connectivity index (χ4n) is 1.80. The van der Waals surface area contributed by atoms with Crippen LogP contribution >= 0.6 is 0 Å². The first-order valence-corrected chi connectivity index (χ1v) is 6.13. The van der Waals surface area contributed by atoms with E-state index in [0.717, 1.165) is 19.5 Å². The highest BCUT2D eigenvalue weighted by Gasteiger charge is 2.18. The Balaban J connectivity index is 2.25. The molecule has 1 atom stereocenters. The summed E-state index contributed by atoms with van der Waals surface area (Å²) in [5, 5.41) is 20.2. The molecule has 1 aliphatic heterocycles. The molecule has 1 aliphatic rings. The normalized spacial score (nSPS) is 19.1. The van der Waals surface area contributed by atoms with Gasteiger partial charge in [-0.2, -0.15) is 0 Å². The van der Waals surface area contributed by atoms with Crippen LogP contribution in [0.1, 0.15) is 12.8 Å². The number of aliphatic hydroxyl groups excluding tert-OH is 1. The summed E-state index contributed by atoms with van der Waals surface area (Å²) in [7, 11) is 2.02. The quantitative estimate of drug-likeness (QED) is 0.612. The van der Waals surface area contributed by atoms with Crippen molar-refractivity contribution in [2.75, 3.05) is 39.8 Å². The van der Waals surface area contributed by atoms with Gasteiger partial charge < -0.3 is 25.3 Å². The molecule has 0 aromatic carbocycles. The maximum atomic E-state index is 11.8. The van der Waals surface area contributed by atoms with E-state index in [0.29, 0.717) is 13.1 Å². The second-order valence-electron chi connectivity index (χ2n) is 4.52. The Morgan fingerprint density at radius 1 is 1.28 bits per heavy atom. The number of amides is 2. The Morgan fingerprint density at radius 2 is 2.00 bits per heavy atom. The van der Waals surface area contributed by atoms with Gasteiger partial charge in [-0.3, -0.25) is 0 Å². The van der Waals surface area contributed by atoms with E-state index in [9.17, 15) is 9.59 Å². The molecule has 1 saturated heterocycles. The minimum atomic E-state index is -1.42. The van der Waals surface area contributed by atoms with Crippen LogP contribution in [0, 0.1) is 0 Å². The zero-order valence-electron chi connectivity index (χ0n) is 10.6. The van der Waals surface area contributed by atoms with E-state index < -0.39 is 12.1 Å². The molecule has 0 saturated carbocycles. The van der Waals surface area contributed by atoms with Crippen LogP contribution in [0.3, 0.4) is 0 Å². The summed E-state index contributed by atoms with van der Waals surface area (Å²) in [5.74, 6) is -1.26.